The number of aliphatic hydroxyl groups is 2. The molecule has 2 nitrogen and oxygen atoms in total. The van der Waals surface area contributed by atoms with E-state index in [1.54, 1.807) is 6.07 Å². The van der Waals surface area contributed by atoms with Crippen LogP contribution in [0.15, 0.2) is 22.7 Å². The van der Waals surface area contributed by atoms with Gasteiger partial charge in [-0.2, -0.15) is 0 Å². The quantitative estimate of drug-likeness (QED) is 0.874. The molecule has 1 rings (SSSR count). The first-order valence-electron chi connectivity index (χ1n) is 4.30. The van der Waals surface area contributed by atoms with E-state index in [0.717, 1.165) is 0 Å². The molecule has 14 heavy (non-hydrogen) atoms. The fourth-order valence-electron chi connectivity index (χ4n) is 1.14. The van der Waals surface area contributed by atoms with Crippen LogP contribution in [0.1, 0.15) is 12.5 Å². The molecule has 1 aromatic rings. The highest BCUT2D eigenvalue weighted by molar-refractivity contribution is 9.10. The lowest BCUT2D eigenvalue weighted by atomic mass is 10.0. The zero-order valence-corrected chi connectivity index (χ0v) is 9.33. The second-order valence-electron chi connectivity index (χ2n) is 3.29. The van der Waals surface area contributed by atoms with E-state index in [-0.39, 0.29) is 12.2 Å². The van der Waals surface area contributed by atoms with Gasteiger partial charge in [0.05, 0.1) is 12.2 Å². The van der Waals surface area contributed by atoms with Crippen LogP contribution in [0.2, 0.25) is 0 Å². The molecule has 2 unspecified atom stereocenters. The zero-order valence-electron chi connectivity index (χ0n) is 7.74. The number of hydrogen-bond donors (Lipinski definition) is 2. The smallest absolute Gasteiger partial charge is 0.124 e. The Bertz CT molecular complexity index is 295. The molecule has 0 aliphatic rings. The van der Waals surface area contributed by atoms with E-state index in [9.17, 15) is 9.50 Å². The average Bonchev–Trinajstić information content (AvgIpc) is 2.01. The number of benzene rings is 1. The molecule has 0 amide bonds. The summed E-state index contributed by atoms with van der Waals surface area (Å²) in [7, 11) is 0. The average molecular weight is 263 g/mol. The molecule has 0 radical (unpaired) electrons. The minimum absolute atomic E-state index is 0.244. The molecule has 2 N–H and O–H groups in total. The first-order valence-corrected chi connectivity index (χ1v) is 5.09. The van der Waals surface area contributed by atoms with Gasteiger partial charge < -0.3 is 10.2 Å². The summed E-state index contributed by atoms with van der Waals surface area (Å²) in [5.74, 6) is -0.354. The lowest BCUT2D eigenvalue weighted by Gasteiger charge is -2.13. The third kappa shape index (κ3) is 3.36. The number of aliphatic hydroxyl groups excluding tert-OH is 2. The van der Waals surface area contributed by atoms with Crippen LogP contribution in [0.25, 0.3) is 0 Å². The number of hydrogen-bond acceptors (Lipinski definition) is 2. The first-order chi connectivity index (χ1) is 6.49. The Morgan fingerprint density at radius 1 is 1.36 bits per heavy atom. The first kappa shape index (κ1) is 11.6. The SMILES string of the molecule is CC(O)C(O)Cc1cc(F)cc(Br)c1. The summed E-state index contributed by atoms with van der Waals surface area (Å²) in [6.45, 7) is 1.50. The van der Waals surface area contributed by atoms with Crippen LogP contribution >= 0.6 is 15.9 Å². The van der Waals surface area contributed by atoms with Crippen molar-refractivity contribution in [3.05, 3.63) is 34.1 Å². The van der Waals surface area contributed by atoms with Crippen molar-refractivity contribution in [2.45, 2.75) is 25.6 Å². The highest BCUT2D eigenvalue weighted by Crippen LogP contribution is 2.16. The Hall–Kier alpha value is -0.450. The summed E-state index contributed by atoms with van der Waals surface area (Å²) < 4.78 is 13.5. The molecule has 0 saturated heterocycles. The van der Waals surface area contributed by atoms with Crippen molar-refractivity contribution >= 4 is 15.9 Å². The topological polar surface area (TPSA) is 40.5 Å². The van der Waals surface area contributed by atoms with E-state index in [4.69, 9.17) is 5.11 Å². The maximum absolute atomic E-state index is 12.9. The van der Waals surface area contributed by atoms with Crippen molar-refractivity contribution in [3.8, 4) is 0 Å². The lowest BCUT2D eigenvalue weighted by Crippen LogP contribution is -2.24. The lowest BCUT2D eigenvalue weighted by molar-refractivity contribution is 0.0319. The second-order valence-corrected chi connectivity index (χ2v) is 4.21. The predicted molar refractivity (Wildman–Crippen MR) is 55.5 cm³/mol. The van der Waals surface area contributed by atoms with Crippen molar-refractivity contribution in [2.24, 2.45) is 0 Å². The summed E-state index contributed by atoms with van der Waals surface area (Å²) in [5, 5.41) is 18.4. The van der Waals surface area contributed by atoms with Gasteiger partial charge in [-0.05, 0) is 30.7 Å². The van der Waals surface area contributed by atoms with Crippen LogP contribution < -0.4 is 0 Å². The molecular formula is C10H12BrFO2. The monoisotopic (exact) mass is 262 g/mol. The van der Waals surface area contributed by atoms with Gasteiger partial charge in [-0.3, -0.25) is 0 Å². The molecule has 1 aromatic carbocycles. The summed E-state index contributed by atoms with van der Waals surface area (Å²) in [6.07, 6.45) is -1.42. The zero-order chi connectivity index (χ0) is 10.7. The molecule has 0 aromatic heterocycles. The minimum Gasteiger partial charge on any atom is -0.391 e. The van der Waals surface area contributed by atoms with Gasteiger partial charge in [-0.1, -0.05) is 15.9 Å². The van der Waals surface area contributed by atoms with E-state index in [2.05, 4.69) is 15.9 Å². The Kier molecular flexibility index (Phi) is 4.04. The van der Waals surface area contributed by atoms with Gasteiger partial charge in [0.15, 0.2) is 0 Å². The fourth-order valence-corrected chi connectivity index (χ4v) is 1.65. The summed E-state index contributed by atoms with van der Waals surface area (Å²) in [5.41, 5.74) is 0.658. The van der Waals surface area contributed by atoms with Gasteiger partial charge in [-0.15, -0.1) is 0 Å². The highest BCUT2D eigenvalue weighted by atomic mass is 79.9. The van der Waals surface area contributed by atoms with Crippen LogP contribution in [0.4, 0.5) is 4.39 Å². The van der Waals surface area contributed by atoms with Gasteiger partial charge in [0.25, 0.3) is 0 Å². The van der Waals surface area contributed by atoms with E-state index in [0.29, 0.717) is 10.0 Å². The molecule has 0 spiro atoms. The summed E-state index contributed by atoms with van der Waals surface area (Å²) >= 11 is 3.16. The Labute approximate surface area is 90.5 Å². The Morgan fingerprint density at radius 2 is 2.00 bits per heavy atom. The molecule has 0 bridgehead atoms. The molecule has 0 heterocycles. The maximum Gasteiger partial charge on any atom is 0.124 e. The summed E-state index contributed by atoms with van der Waals surface area (Å²) in [6, 6.07) is 4.41. The minimum atomic E-state index is -0.858. The van der Waals surface area contributed by atoms with Gasteiger partial charge >= 0.3 is 0 Å². The molecule has 0 aliphatic heterocycles. The largest absolute Gasteiger partial charge is 0.391 e. The molecule has 0 saturated carbocycles. The predicted octanol–water partition coefficient (Wildman–Crippen LogP) is 1.87. The molecule has 2 atom stereocenters. The molecule has 78 valence electrons. The van der Waals surface area contributed by atoms with E-state index in [1.165, 1.54) is 19.1 Å². The van der Waals surface area contributed by atoms with E-state index in [1.807, 2.05) is 0 Å². The summed E-state index contributed by atoms with van der Waals surface area (Å²) in [4.78, 5) is 0. The molecule has 0 fully saturated rings. The third-order valence-corrected chi connectivity index (χ3v) is 2.38. The van der Waals surface area contributed by atoms with Gasteiger partial charge in [0.2, 0.25) is 0 Å². The van der Waals surface area contributed by atoms with Crippen molar-refractivity contribution < 1.29 is 14.6 Å². The van der Waals surface area contributed by atoms with Gasteiger partial charge in [-0.25, -0.2) is 4.39 Å². The van der Waals surface area contributed by atoms with Crippen molar-refractivity contribution in [3.63, 3.8) is 0 Å². The Morgan fingerprint density at radius 3 is 2.50 bits per heavy atom. The van der Waals surface area contributed by atoms with Gasteiger partial charge in [0, 0.05) is 10.9 Å². The number of halogens is 2. The van der Waals surface area contributed by atoms with Crippen LogP contribution in [-0.2, 0) is 6.42 Å². The molecular weight excluding hydrogens is 251 g/mol. The number of rotatable bonds is 3. The van der Waals surface area contributed by atoms with Crippen LogP contribution in [0.5, 0.6) is 0 Å². The van der Waals surface area contributed by atoms with E-state index >= 15 is 0 Å². The van der Waals surface area contributed by atoms with Gasteiger partial charge in [0.1, 0.15) is 5.82 Å². The van der Waals surface area contributed by atoms with Crippen LogP contribution in [0, 0.1) is 5.82 Å². The van der Waals surface area contributed by atoms with Crippen molar-refractivity contribution in [1.82, 2.24) is 0 Å². The highest BCUT2D eigenvalue weighted by Gasteiger charge is 2.12. The van der Waals surface area contributed by atoms with Crippen LogP contribution in [0.3, 0.4) is 0 Å². The van der Waals surface area contributed by atoms with E-state index < -0.39 is 12.2 Å². The molecule has 4 heteroatoms. The second kappa shape index (κ2) is 4.87. The standard InChI is InChI=1S/C10H12BrFO2/c1-6(13)10(14)4-7-2-8(11)5-9(12)3-7/h2-3,5-6,10,13-14H,4H2,1H3. The van der Waals surface area contributed by atoms with Crippen molar-refractivity contribution in [2.75, 3.05) is 0 Å². The molecule has 0 aliphatic carbocycles. The van der Waals surface area contributed by atoms with Crippen LogP contribution in [-0.4, -0.2) is 22.4 Å². The maximum atomic E-state index is 12.9. The Balaban J connectivity index is 2.76. The third-order valence-electron chi connectivity index (χ3n) is 1.92. The van der Waals surface area contributed by atoms with Crippen molar-refractivity contribution in [1.29, 1.82) is 0 Å². The fraction of sp³-hybridized carbons (Fsp3) is 0.400. The normalized spacial score (nSPS) is 15.2.